The second-order valence-corrected chi connectivity index (χ2v) is 3.83. The van der Waals surface area contributed by atoms with Crippen LogP contribution in [0, 0.1) is 0 Å². The summed E-state index contributed by atoms with van der Waals surface area (Å²) < 4.78 is 0. The number of nitrogens with zero attached hydrogens (tertiary/aromatic N) is 1. The Kier molecular flexibility index (Phi) is 4.09. The second-order valence-electron chi connectivity index (χ2n) is 3.83. The van der Waals surface area contributed by atoms with E-state index in [0.717, 1.165) is 5.69 Å². The fraction of sp³-hybridized carbons (Fsp3) is 0.333. The first-order chi connectivity index (χ1) is 7.99. The van der Waals surface area contributed by atoms with Crippen molar-refractivity contribution in [1.82, 2.24) is 10.2 Å². The van der Waals surface area contributed by atoms with Crippen LogP contribution in [0.3, 0.4) is 0 Å². The highest BCUT2D eigenvalue weighted by Crippen LogP contribution is 2.15. The summed E-state index contributed by atoms with van der Waals surface area (Å²) in [7, 11) is 6.65. The molecule has 0 aliphatic rings. The number of hydrogen-bond acceptors (Lipinski definition) is 3. The molecular weight excluding hydrogens is 218 g/mol. The highest BCUT2D eigenvalue weighted by atomic mass is 16.2. The van der Waals surface area contributed by atoms with Crippen LogP contribution in [0.1, 0.15) is 20.7 Å². The van der Waals surface area contributed by atoms with Gasteiger partial charge in [-0.3, -0.25) is 9.59 Å². The fourth-order valence-corrected chi connectivity index (χ4v) is 1.43. The van der Waals surface area contributed by atoms with Gasteiger partial charge in [0.15, 0.2) is 0 Å². The van der Waals surface area contributed by atoms with Crippen molar-refractivity contribution >= 4 is 17.5 Å². The Bertz CT molecular complexity index is 441. The minimum absolute atomic E-state index is 0.132. The molecule has 0 radical (unpaired) electrons. The molecule has 1 rings (SSSR count). The molecule has 2 N–H and O–H groups in total. The van der Waals surface area contributed by atoms with Crippen molar-refractivity contribution < 1.29 is 9.59 Å². The molecule has 0 unspecified atom stereocenters. The van der Waals surface area contributed by atoms with Crippen LogP contribution in [0.4, 0.5) is 5.69 Å². The molecule has 0 spiro atoms. The zero-order valence-corrected chi connectivity index (χ0v) is 10.5. The minimum atomic E-state index is -0.213. The van der Waals surface area contributed by atoms with E-state index in [1.807, 2.05) is 0 Å². The molecule has 5 heteroatoms. The third kappa shape index (κ3) is 2.96. The molecule has 0 aromatic heterocycles. The van der Waals surface area contributed by atoms with Gasteiger partial charge in [0, 0.05) is 45.0 Å². The number of carbonyl (C=O) groups is 2. The summed E-state index contributed by atoms with van der Waals surface area (Å²) in [5.41, 5.74) is 1.68. The molecule has 5 nitrogen and oxygen atoms in total. The number of benzene rings is 1. The van der Waals surface area contributed by atoms with Crippen LogP contribution >= 0.6 is 0 Å². The van der Waals surface area contributed by atoms with E-state index in [0.29, 0.717) is 11.1 Å². The van der Waals surface area contributed by atoms with Gasteiger partial charge in [-0.2, -0.15) is 0 Å². The standard InChI is InChI=1S/C12H17N3O2/c1-13-10-6-8(11(16)14-2)5-9(7-10)12(17)15(3)4/h5-7,13H,1-4H3,(H,14,16). The quantitative estimate of drug-likeness (QED) is 0.814. The molecule has 0 fully saturated rings. The van der Waals surface area contributed by atoms with Gasteiger partial charge in [0.1, 0.15) is 0 Å². The SMILES string of the molecule is CNC(=O)c1cc(NC)cc(C(=O)N(C)C)c1. The number of rotatable bonds is 3. The zero-order valence-electron chi connectivity index (χ0n) is 10.5. The number of hydrogen-bond donors (Lipinski definition) is 2. The van der Waals surface area contributed by atoms with Crippen LogP contribution in [-0.4, -0.2) is 44.9 Å². The lowest BCUT2D eigenvalue weighted by Gasteiger charge is -2.13. The molecule has 0 saturated heterocycles. The summed E-state index contributed by atoms with van der Waals surface area (Å²) in [6, 6.07) is 5.00. The predicted molar refractivity (Wildman–Crippen MR) is 67.4 cm³/mol. The molecule has 0 aliphatic heterocycles. The van der Waals surface area contributed by atoms with Crippen molar-refractivity contribution in [2.75, 3.05) is 33.5 Å². The van der Waals surface area contributed by atoms with Crippen molar-refractivity contribution in [2.24, 2.45) is 0 Å². The molecule has 1 aromatic carbocycles. The molecule has 0 saturated carbocycles. The Morgan fingerprint density at radius 1 is 1.06 bits per heavy atom. The monoisotopic (exact) mass is 235 g/mol. The van der Waals surface area contributed by atoms with E-state index in [1.54, 1.807) is 46.4 Å². The third-order valence-electron chi connectivity index (χ3n) is 2.36. The summed E-state index contributed by atoms with van der Waals surface area (Å²) in [6.07, 6.45) is 0. The highest BCUT2D eigenvalue weighted by molar-refractivity contribution is 6.00. The van der Waals surface area contributed by atoms with E-state index in [-0.39, 0.29) is 11.8 Å². The van der Waals surface area contributed by atoms with Crippen LogP contribution in [0.25, 0.3) is 0 Å². The lowest BCUT2D eigenvalue weighted by molar-refractivity contribution is 0.0827. The smallest absolute Gasteiger partial charge is 0.253 e. The summed E-state index contributed by atoms with van der Waals surface area (Å²) >= 11 is 0. The number of amides is 2. The molecule has 0 atom stereocenters. The van der Waals surface area contributed by atoms with Crippen LogP contribution in [-0.2, 0) is 0 Å². The second kappa shape index (κ2) is 5.34. The maximum atomic E-state index is 11.8. The minimum Gasteiger partial charge on any atom is -0.388 e. The molecular formula is C12H17N3O2. The summed E-state index contributed by atoms with van der Waals surface area (Å²) in [4.78, 5) is 24.9. The van der Waals surface area contributed by atoms with Crippen molar-refractivity contribution in [3.8, 4) is 0 Å². The van der Waals surface area contributed by atoms with E-state index in [4.69, 9.17) is 0 Å². The predicted octanol–water partition coefficient (Wildman–Crippen LogP) is 0.790. The van der Waals surface area contributed by atoms with Gasteiger partial charge in [-0.25, -0.2) is 0 Å². The van der Waals surface area contributed by atoms with Crippen molar-refractivity contribution in [3.05, 3.63) is 29.3 Å². The van der Waals surface area contributed by atoms with Crippen LogP contribution in [0.15, 0.2) is 18.2 Å². The number of carbonyl (C=O) groups excluding carboxylic acids is 2. The molecule has 2 amide bonds. The Hall–Kier alpha value is -2.04. The van der Waals surface area contributed by atoms with Crippen molar-refractivity contribution in [3.63, 3.8) is 0 Å². The third-order valence-corrected chi connectivity index (χ3v) is 2.36. The summed E-state index contributed by atoms with van der Waals surface area (Å²) in [6.45, 7) is 0. The number of anilines is 1. The Balaban J connectivity index is 3.23. The van der Waals surface area contributed by atoms with Gasteiger partial charge in [0.25, 0.3) is 11.8 Å². The van der Waals surface area contributed by atoms with E-state index in [9.17, 15) is 9.59 Å². The van der Waals surface area contributed by atoms with Gasteiger partial charge < -0.3 is 15.5 Å². The van der Waals surface area contributed by atoms with E-state index in [2.05, 4.69) is 10.6 Å². The van der Waals surface area contributed by atoms with Gasteiger partial charge in [0.2, 0.25) is 0 Å². The summed E-state index contributed by atoms with van der Waals surface area (Å²) in [5.74, 6) is -0.345. The first-order valence-corrected chi connectivity index (χ1v) is 5.26. The van der Waals surface area contributed by atoms with Crippen molar-refractivity contribution in [2.45, 2.75) is 0 Å². The van der Waals surface area contributed by atoms with Crippen LogP contribution < -0.4 is 10.6 Å². The number of nitrogens with one attached hydrogen (secondary N) is 2. The molecule has 0 bridgehead atoms. The maximum Gasteiger partial charge on any atom is 0.253 e. The van der Waals surface area contributed by atoms with Crippen molar-refractivity contribution in [1.29, 1.82) is 0 Å². The average Bonchev–Trinajstić information content (AvgIpc) is 2.35. The normalized spacial score (nSPS) is 9.65. The van der Waals surface area contributed by atoms with Gasteiger partial charge >= 0.3 is 0 Å². The van der Waals surface area contributed by atoms with E-state index in [1.165, 1.54) is 4.90 Å². The maximum absolute atomic E-state index is 11.8. The Morgan fingerprint density at radius 3 is 2.12 bits per heavy atom. The lowest BCUT2D eigenvalue weighted by Crippen LogP contribution is -2.23. The Labute approximate surface area is 101 Å². The molecule has 0 heterocycles. The lowest BCUT2D eigenvalue weighted by atomic mass is 10.1. The average molecular weight is 235 g/mol. The summed E-state index contributed by atoms with van der Waals surface area (Å²) in [5, 5.41) is 5.47. The molecule has 1 aromatic rings. The van der Waals surface area contributed by atoms with Crippen LogP contribution in [0.5, 0.6) is 0 Å². The first kappa shape index (κ1) is 13.0. The zero-order chi connectivity index (χ0) is 13.0. The van der Waals surface area contributed by atoms with Crippen LogP contribution in [0.2, 0.25) is 0 Å². The fourth-order valence-electron chi connectivity index (χ4n) is 1.43. The molecule has 17 heavy (non-hydrogen) atoms. The van der Waals surface area contributed by atoms with E-state index >= 15 is 0 Å². The van der Waals surface area contributed by atoms with Gasteiger partial charge in [-0.1, -0.05) is 0 Å². The largest absolute Gasteiger partial charge is 0.388 e. The first-order valence-electron chi connectivity index (χ1n) is 5.26. The van der Waals surface area contributed by atoms with Gasteiger partial charge in [-0.05, 0) is 18.2 Å². The highest BCUT2D eigenvalue weighted by Gasteiger charge is 2.13. The van der Waals surface area contributed by atoms with Gasteiger partial charge in [-0.15, -0.1) is 0 Å². The van der Waals surface area contributed by atoms with Gasteiger partial charge in [0.05, 0.1) is 0 Å². The van der Waals surface area contributed by atoms with E-state index < -0.39 is 0 Å². The molecule has 0 aliphatic carbocycles. The Morgan fingerprint density at radius 2 is 1.65 bits per heavy atom. The topological polar surface area (TPSA) is 61.4 Å². The molecule has 92 valence electrons.